The Bertz CT molecular complexity index is 758. The predicted molar refractivity (Wildman–Crippen MR) is 112 cm³/mol. The molecule has 1 heterocycles. The number of hydrogen-bond donors (Lipinski definition) is 1. The van der Waals surface area contributed by atoms with E-state index in [1.165, 1.54) is 6.07 Å². The maximum atomic E-state index is 14.3. The molecule has 2 rings (SSSR count). The molecule has 0 unspecified atom stereocenters. The standard InChI is InChI=1S/C20H28BBrFNO4/c1-18(2,3)26-17(25)24-12-14(10-13-11-15(22)8-9-16(13)23)21-27-19(4,5)20(6,7)28-21/h8-11H,12H2,1-7H3,(H,24,25). The zero-order chi connectivity index (χ0) is 21.3. The first-order valence-electron chi connectivity index (χ1n) is 9.18. The summed E-state index contributed by atoms with van der Waals surface area (Å²) in [6.45, 7) is 13.2. The average Bonchev–Trinajstić information content (AvgIpc) is 2.73. The number of carbonyl (C=O) groups excluding carboxylic acids is 1. The summed E-state index contributed by atoms with van der Waals surface area (Å²) in [4.78, 5) is 12.1. The lowest BCUT2D eigenvalue weighted by Crippen LogP contribution is -2.41. The Morgan fingerprint density at radius 2 is 1.82 bits per heavy atom. The van der Waals surface area contributed by atoms with Gasteiger partial charge in [0.2, 0.25) is 0 Å². The lowest BCUT2D eigenvalue weighted by Gasteiger charge is -2.32. The molecule has 0 atom stereocenters. The SMILES string of the molecule is CC(C)(C)OC(=O)NCC(=Cc1cc(Br)ccc1F)B1OC(C)(C)C(C)(C)O1. The minimum atomic E-state index is -0.724. The van der Waals surface area contributed by atoms with Crippen molar-refractivity contribution in [3.05, 3.63) is 39.5 Å². The van der Waals surface area contributed by atoms with Gasteiger partial charge in [0.05, 0.1) is 11.2 Å². The van der Waals surface area contributed by atoms with Crippen molar-refractivity contribution in [2.75, 3.05) is 6.54 Å². The molecule has 0 aromatic heterocycles. The molecule has 0 aliphatic carbocycles. The number of amides is 1. The minimum Gasteiger partial charge on any atom is -0.444 e. The van der Waals surface area contributed by atoms with Crippen LogP contribution in [0.3, 0.4) is 0 Å². The van der Waals surface area contributed by atoms with Gasteiger partial charge in [-0.25, -0.2) is 9.18 Å². The van der Waals surface area contributed by atoms with Crippen LogP contribution in [0.25, 0.3) is 6.08 Å². The van der Waals surface area contributed by atoms with Crippen LogP contribution in [0.15, 0.2) is 28.1 Å². The van der Waals surface area contributed by atoms with E-state index in [0.717, 1.165) is 4.47 Å². The number of alkyl carbamates (subject to hydrolysis) is 1. The molecule has 1 saturated heterocycles. The second-order valence-corrected chi connectivity index (χ2v) is 9.74. The molecule has 1 amide bonds. The molecule has 1 aromatic carbocycles. The molecule has 1 N–H and O–H groups in total. The van der Waals surface area contributed by atoms with E-state index >= 15 is 0 Å². The van der Waals surface area contributed by atoms with E-state index in [1.54, 1.807) is 39.0 Å². The number of nitrogens with one attached hydrogen (secondary N) is 1. The van der Waals surface area contributed by atoms with Gasteiger partial charge in [-0.1, -0.05) is 22.0 Å². The van der Waals surface area contributed by atoms with Crippen molar-refractivity contribution < 1.29 is 23.2 Å². The van der Waals surface area contributed by atoms with Crippen molar-refractivity contribution in [2.45, 2.75) is 65.3 Å². The summed E-state index contributed by atoms with van der Waals surface area (Å²) in [6, 6.07) is 4.66. The number of benzene rings is 1. The van der Waals surface area contributed by atoms with Gasteiger partial charge in [0.15, 0.2) is 0 Å². The van der Waals surface area contributed by atoms with Gasteiger partial charge in [-0.05, 0) is 72.1 Å². The molecule has 8 heteroatoms. The van der Waals surface area contributed by atoms with Crippen LogP contribution in [0, 0.1) is 5.82 Å². The van der Waals surface area contributed by atoms with Gasteiger partial charge in [-0.15, -0.1) is 0 Å². The average molecular weight is 456 g/mol. The van der Waals surface area contributed by atoms with E-state index in [-0.39, 0.29) is 12.4 Å². The topological polar surface area (TPSA) is 56.8 Å². The lowest BCUT2D eigenvalue weighted by molar-refractivity contribution is 0.00578. The molecule has 1 aromatic rings. The van der Waals surface area contributed by atoms with E-state index in [2.05, 4.69) is 21.2 Å². The number of carbonyl (C=O) groups is 1. The first-order chi connectivity index (χ1) is 12.7. The summed E-state index contributed by atoms with van der Waals surface area (Å²) in [7, 11) is -0.724. The molecule has 28 heavy (non-hydrogen) atoms. The quantitative estimate of drug-likeness (QED) is 0.639. The Hall–Kier alpha value is -1.38. The third kappa shape index (κ3) is 5.81. The molecule has 0 spiro atoms. The predicted octanol–water partition coefficient (Wildman–Crippen LogP) is 5.13. The highest BCUT2D eigenvalue weighted by atomic mass is 79.9. The van der Waals surface area contributed by atoms with E-state index in [0.29, 0.717) is 11.0 Å². The summed E-state index contributed by atoms with van der Waals surface area (Å²) >= 11 is 3.35. The normalized spacial score (nSPS) is 18.9. The van der Waals surface area contributed by atoms with Crippen molar-refractivity contribution in [1.29, 1.82) is 0 Å². The second kappa shape index (κ2) is 8.16. The molecule has 0 bridgehead atoms. The molecule has 1 aliphatic rings. The number of halogens is 2. The summed E-state index contributed by atoms with van der Waals surface area (Å²) in [5, 5.41) is 2.70. The van der Waals surface area contributed by atoms with Crippen LogP contribution in [0.5, 0.6) is 0 Å². The third-order valence-corrected chi connectivity index (χ3v) is 5.18. The Balaban J connectivity index is 2.30. The number of rotatable bonds is 4. The Labute approximate surface area is 175 Å². The molecule has 1 aliphatic heterocycles. The van der Waals surface area contributed by atoms with Gasteiger partial charge < -0.3 is 19.4 Å². The van der Waals surface area contributed by atoms with Crippen LogP contribution in [-0.2, 0) is 14.0 Å². The highest BCUT2D eigenvalue weighted by molar-refractivity contribution is 9.10. The fraction of sp³-hybridized carbons (Fsp3) is 0.550. The molecular formula is C20H28BBrFNO4. The molecule has 5 nitrogen and oxygen atoms in total. The van der Waals surface area contributed by atoms with Gasteiger partial charge in [-0.3, -0.25) is 0 Å². The van der Waals surface area contributed by atoms with E-state index in [9.17, 15) is 9.18 Å². The Morgan fingerprint density at radius 1 is 1.25 bits per heavy atom. The Morgan fingerprint density at radius 3 is 2.36 bits per heavy atom. The van der Waals surface area contributed by atoms with Crippen molar-refractivity contribution in [1.82, 2.24) is 5.32 Å². The third-order valence-electron chi connectivity index (χ3n) is 4.69. The zero-order valence-electron chi connectivity index (χ0n) is 17.5. The van der Waals surface area contributed by atoms with Gasteiger partial charge in [0.25, 0.3) is 0 Å². The van der Waals surface area contributed by atoms with Crippen molar-refractivity contribution in [3.8, 4) is 0 Å². The van der Waals surface area contributed by atoms with Gasteiger partial charge >= 0.3 is 13.2 Å². The lowest BCUT2D eigenvalue weighted by atomic mass is 9.77. The first kappa shape index (κ1) is 22.9. The van der Waals surface area contributed by atoms with Gasteiger partial charge in [0.1, 0.15) is 11.4 Å². The Kier molecular flexibility index (Phi) is 6.68. The maximum Gasteiger partial charge on any atom is 0.492 e. The van der Waals surface area contributed by atoms with Crippen LogP contribution in [0.1, 0.15) is 54.0 Å². The summed E-state index contributed by atoms with van der Waals surface area (Å²) in [5.74, 6) is -0.380. The highest BCUT2D eigenvalue weighted by Gasteiger charge is 2.52. The van der Waals surface area contributed by atoms with Crippen LogP contribution in [0.2, 0.25) is 0 Å². The van der Waals surface area contributed by atoms with E-state index in [4.69, 9.17) is 14.0 Å². The van der Waals surface area contributed by atoms with E-state index in [1.807, 2.05) is 27.7 Å². The van der Waals surface area contributed by atoms with Gasteiger partial charge in [-0.2, -0.15) is 0 Å². The van der Waals surface area contributed by atoms with Crippen molar-refractivity contribution in [3.63, 3.8) is 0 Å². The molecule has 0 radical (unpaired) electrons. The minimum absolute atomic E-state index is 0.0949. The second-order valence-electron chi connectivity index (χ2n) is 8.83. The smallest absolute Gasteiger partial charge is 0.444 e. The number of hydrogen-bond acceptors (Lipinski definition) is 4. The highest BCUT2D eigenvalue weighted by Crippen LogP contribution is 2.39. The molecular weight excluding hydrogens is 428 g/mol. The van der Waals surface area contributed by atoms with E-state index < -0.39 is 30.0 Å². The molecule has 154 valence electrons. The summed E-state index contributed by atoms with van der Waals surface area (Å²) in [6.07, 6.45) is 1.07. The summed E-state index contributed by atoms with van der Waals surface area (Å²) in [5.41, 5.74) is -0.780. The van der Waals surface area contributed by atoms with Crippen LogP contribution >= 0.6 is 15.9 Å². The van der Waals surface area contributed by atoms with Crippen LogP contribution < -0.4 is 5.32 Å². The largest absolute Gasteiger partial charge is 0.492 e. The number of ether oxygens (including phenoxy) is 1. The molecule has 0 saturated carbocycles. The molecule has 1 fully saturated rings. The summed E-state index contributed by atoms with van der Waals surface area (Å²) < 4.78 is 32.5. The van der Waals surface area contributed by atoms with Crippen molar-refractivity contribution in [2.24, 2.45) is 0 Å². The van der Waals surface area contributed by atoms with Crippen LogP contribution in [-0.4, -0.2) is 36.6 Å². The van der Waals surface area contributed by atoms with Gasteiger partial charge in [0, 0.05) is 16.6 Å². The fourth-order valence-corrected chi connectivity index (χ4v) is 2.89. The zero-order valence-corrected chi connectivity index (χ0v) is 19.1. The first-order valence-corrected chi connectivity index (χ1v) is 9.97. The monoisotopic (exact) mass is 455 g/mol. The fourth-order valence-electron chi connectivity index (χ4n) is 2.51. The van der Waals surface area contributed by atoms with Crippen LogP contribution in [0.4, 0.5) is 9.18 Å². The van der Waals surface area contributed by atoms with Crippen molar-refractivity contribution >= 4 is 35.2 Å². The maximum absolute atomic E-state index is 14.3.